The highest BCUT2D eigenvalue weighted by Gasteiger charge is 2.19. The Bertz CT molecular complexity index is 1030. The lowest BCUT2D eigenvalue weighted by molar-refractivity contribution is 0.169. The third-order valence-electron chi connectivity index (χ3n) is 5.37. The molecule has 0 atom stereocenters. The normalized spacial score (nSPS) is 12.0. The van der Waals surface area contributed by atoms with Gasteiger partial charge in [0.05, 0.1) is 17.9 Å². The van der Waals surface area contributed by atoms with Crippen molar-refractivity contribution < 1.29 is 18.4 Å². The molecule has 0 aliphatic carbocycles. The summed E-state index contributed by atoms with van der Waals surface area (Å²) in [5, 5.41) is 10.5. The summed E-state index contributed by atoms with van der Waals surface area (Å²) in [4.78, 5) is 4.37. The summed E-state index contributed by atoms with van der Waals surface area (Å²) in [5.74, 6) is 5.91. The minimum absolute atomic E-state index is 0.151. The standard InChI is InChI=1S/C25H30F3N3O/c1-7-8-21(23-11-22(15(2)3)17(5)25(28)18(23)6)16(4)24-10-9-20(14-29-24)31(32)30-19(12-26)13-27/h9-11,14-15,19,30,32H,12-13H2,1-6H3/b21-16+. The topological polar surface area (TPSA) is 48.4 Å². The van der Waals surface area contributed by atoms with Crippen LogP contribution in [0.1, 0.15) is 61.6 Å². The maximum absolute atomic E-state index is 15.0. The van der Waals surface area contributed by atoms with Crippen LogP contribution in [-0.2, 0) is 0 Å². The van der Waals surface area contributed by atoms with Gasteiger partial charge in [-0.3, -0.25) is 10.2 Å². The van der Waals surface area contributed by atoms with Crippen molar-refractivity contribution in [3.63, 3.8) is 0 Å². The van der Waals surface area contributed by atoms with E-state index in [-0.39, 0.29) is 17.4 Å². The number of alkyl halides is 2. The molecular formula is C25H30F3N3O. The van der Waals surface area contributed by atoms with E-state index >= 15 is 4.39 Å². The van der Waals surface area contributed by atoms with Crippen LogP contribution in [0.15, 0.2) is 24.4 Å². The molecule has 2 N–H and O–H groups in total. The summed E-state index contributed by atoms with van der Waals surface area (Å²) in [5.41, 5.74) is 7.32. The second-order valence-corrected chi connectivity index (χ2v) is 7.96. The first-order valence-corrected chi connectivity index (χ1v) is 10.4. The van der Waals surface area contributed by atoms with Gasteiger partial charge in [0.1, 0.15) is 24.9 Å². The molecule has 0 saturated heterocycles. The number of aromatic nitrogens is 1. The number of benzene rings is 1. The predicted molar refractivity (Wildman–Crippen MR) is 123 cm³/mol. The Labute approximate surface area is 188 Å². The van der Waals surface area contributed by atoms with Crippen molar-refractivity contribution in [1.82, 2.24) is 10.4 Å². The lowest BCUT2D eigenvalue weighted by atomic mass is 9.87. The van der Waals surface area contributed by atoms with E-state index in [1.54, 1.807) is 32.9 Å². The summed E-state index contributed by atoms with van der Waals surface area (Å²) < 4.78 is 40.4. The molecular weight excluding hydrogens is 415 g/mol. The Morgan fingerprint density at radius 2 is 1.84 bits per heavy atom. The summed E-state index contributed by atoms with van der Waals surface area (Å²) in [6.45, 7) is 9.20. The molecule has 0 aliphatic heterocycles. The fourth-order valence-corrected chi connectivity index (χ4v) is 3.46. The Hall–Kier alpha value is -2.82. The monoisotopic (exact) mass is 445 g/mol. The van der Waals surface area contributed by atoms with Gasteiger partial charge in [-0.05, 0) is 79.6 Å². The largest absolute Gasteiger partial charge is 0.273 e. The molecule has 0 radical (unpaired) electrons. The first kappa shape index (κ1) is 25.4. The average molecular weight is 446 g/mol. The number of hydrogen-bond donors (Lipinski definition) is 2. The maximum atomic E-state index is 15.0. The summed E-state index contributed by atoms with van der Waals surface area (Å²) in [6, 6.07) is 4.06. The van der Waals surface area contributed by atoms with Crippen molar-refractivity contribution in [1.29, 1.82) is 0 Å². The number of hydrogen-bond acceptors (Lipinski definition) is 4. The first-order chi connectivity index (χ1) is 15.2. The molecule has 0 spiro atoms. The molecule has 2 rings (SSSR count). The van der Waals surface area contributed by atoms with Gasteiger partial charge in [0.15, 0.2) is 0 Å². The van der Waals surface area contributed by atoms with Gasteiger partial charge in [-0.15, -0.1) is 5.92 Å². The number of pyridine rings is 1. The zero-order valence-electron chi connectivity index (χ0n) is 19.4. The van der Waals surface area contributed by atoms with Gasteiger partial charge in [0.25, 0.3) is 0 Å². The van der Waals surface area contributed by atoms with Crippen LogP contribution >= 0.6 is 0 Å². The van der Waals surface area contributed by atoms with Gasteiger partial charge in [-0.25, -0.2) is 18.6 Å². The van der Waals surface area contributed by atoms with Crippen LogP contribution in [0.3, 0.4) is 0 Å². The van der Waals surface area contributed by atoms with Crippen molar-refractivity contribution >= 4 is 16.8 Å². The Balaban J connectivity index is 2.53. The predicted octanol–water partition coefficient (Wildman–Crippen LogP) is 5.92. The summed E-state index contributed by atoms with van der Waals surface area (Å²) in [6.07, 6.45) is 1.37. The Morgan fingerprint density at radius 3 is 2.34 bits per heavy atom. The molecule has 0 aliphatic rings. The highest BCUT2D eigenvalue weighted by atomic mass is 19.1. The first-order valence-electron chi connectivity index (χ1n) is 10.4. The van der Waals surface area contributed by atoms with E-state index in [0.29, 0.717) is 33.1 Å². The van der Waals surface area contributed by atoms with Gasteiger partial charge in [0.2, 0.25) is 0 Å². The van der Waals surface area contributed by atoms with E-state index in [0.717, 1.165) is 11.1 Å². The van der Waals surface area contributed by atoms with Crippen LogP contribution in [0, 0.1) is 31.5 Å². The van der Waals surface area contributed by atoms with Crippen LogP contribution in [0.2, 0.25) is 0 Å². The van der Waals surface area contributed by atoms with Crippen LogP contribution in [0.25, 0.3) is 11.1 Å². The Morgan fingerprint density at radius 1 is 1.19 bits per heavy atom. The third-order valence-corrected chi connectivity index (χ3v) is 5.37. The molecule has 0 fully saturated rings. The number of nitrogens with zero attached hydrogens (tertiary/aromatic N) is 2. The van der Waals surface area contributed by atoms with E-state index in [4.69, 9.17) is 0 Å². The average Bonchev–Trinajstić information content (AvgIpc) is 2.79. The van der Waals surface area contributed by atoms with Crippen molar-refractivity contribution in [3.05, 3.63) is 58.2 Å². The van der Waals surface area contributed by atoms with Gasteiger partial charge in [0, 0.05) is 5.57 Å². The number of rotatable bonds is 8. The van der Waals surface area contributed by atoms with E-state index in [1.165, 1.54) is 6.20 Å². The smallest absolute Gasteiger partial charge is 0.129 e. The number of allylic oxidation sites excluding steroid dienone is 2. The van der Waals surface area contributed by atoms with Gasteiger partial charge in [-0.1, -0.05) is 19.8 Å². The molecule has 1 aromatic heterocycles. The minimum atomic E-state index is -1.15. The third kappa shape index (κ3) is 5.50. The SMILES string of the molecule is CC#C/C(=C(/C)c1ccc(N(O)NC(CF)CF)cn1)c1cc(C(C)C)c(C)c(F)c1C. The summed E-state index contributed by atoms with van der Waals surface area (Å²) >= 11 is 0. The van der Waals surface area contributed by atoms with Gasteiger partial charge >= 0.3 is 0 Å². The van der Waals surface area contributed by atoms with Crippen molar-refractivity contribution in [2.45, 2.75) is 53.5 Å². The molecule has 1 aromatic carbocycles. The molecule has 0 saturated carbocycles. The number of nitrogens with one attached hydrogen (secondary N) is 1. The fourth-order valence-electron chi connectivity index (χ4n) is 3.46. The number of halogens is 3. The zero-order chi connectivity index (χ0) is 24.0. The fraction of sp³-hybridized carbons (Fsp3) is 0.400. The highest BCUT2D eigenvalue weighted by molar-refractivity contribution is 5.98. The molecule has 7 heteroatoms. The van der Waals surface area contributed by atoms with Crippen LogP contribution in [0.5, 0.6) is 0 Å². The highest BCUT2D eigenvalue weighted by Crippen LogP contribution is 2.33. The van der Waals surface area contributed by atoms with Gasteiger partial charge in [-0.2, -0.15) is 5.17 Å². The molecule has 172 valence electrons. The second kappa shape index (κ2) is 11.2. The van der Waals surface area contributed by atoms with Crippen LogP contribution in [-0.4, -0.2) is 29.6 Å². The molecule has 4 nitrogen and oxygen atoms in total. The van der Waals surface area contributed by atoms with E-state index in [2.05, 4.69) is 22.3 Å². The lowest BCUT2D eigenvalue weighted by Crippen LogP contribution is -2.45. The quantitative estimate of drug-likeness (QED) is 0.391. The second-order valence-electron chi connectivity index (χ2n) is 7.96. The zero-order valence-corrected chi connectivity index (χ0v) is 19.4. The van der Waals surface area contributed by atoms with Crippen molar-refractivity contribution in [3.8, 4) is 11.8 Å². The molecule has 0 unspecified atom stereocenters. The number of hydrazine groups is 1. The van der Waals surface area contributed by atoms with E-state index in [9.17, 15) is 14.0 Å². The van der Waals surface area contributed by atoms with Crippen molar-refractivity contribution in [2.75, 3.05) is 18.5 Å². The van der Waals surface area contributed by atoms with Crippen LogP contribution in [0.4, 0.5) is 18.9 Å². The van der Waals surface area contributed by atoms with E-state index < -0.39 is 19.4 Å². The Kier molecular flexibility index (Phi) is 8.88. The molecule has 2 aromatic rings. The molecule has 0 amide bonds. The molecule has 1 heterocycles. The molecule has 32 heavy (non-hydrogen) atoms. The summed E-state index contributed by atoms with van der Waals surface area (Å²) in [7, 11) is 0. The minimum Gasteiger partial charge on any atom is -0.273 e. The van der Waals surface area contributed by atoms with Crippen molar-refractivity contribution in [2.24, 2.45) is 0 Å². The van der Waals surface area contributed by atoms with E-state index in [1.807, 2.05) is 26.8 Å². The number of anilines is 1. The maximum Gasteiger partial charge on any atom is 0.129 e. The van der Waals surface area contributed by atoms with Crippen LogP contribution < -0.4 is 10.6 Å². The lowest BCUT2D eigenvalue weighted by Gasteiger charge is -2.21. The molecule has 0 bridgehead atoms. The van der Waals surface area contributed by atoms with Gasteiger partial charge < -0.3 is 0 Å².